The van der Waals surface area contributed by atoms with E-state index in [1.165, 1.54) is 16.8 Å². The molecule has 29 heavy (non-hydrogen) atoms. The van der Waals surface area contributed by atoms with Crippen LogP contribution in [0.5, 0.6) is 0 Å². The minimum Gasteiger partial charge on any atom is -0.335 e. The average molecular weight is 486 g/mol. The molecule has 0 saturated carbocycles. The van der Waals surface area contributed by atoms with Crippen LogP contribution in [0.3, 0.4) is 0 Å². The highest BCUT2D eigenvalue weighted by molar-refractivity contribution is 9.10. The van der Waals surface area contributed by atoms with Crippen LogP contribution < -0.4 is 11.2 Å². The molecule has 152 valence electrons. The van der Waals surface area contributed by atoms with Gasteiger partial charge in [-0.1, -0.05) is 45.9 Å². The number of nitrogens with two attached hydrogens (primary N) is 1. The van der Waals surface area contributed by atoms with Crippen molar-refractivity contribution in [2.24, 2.45) is 0 Å². The first-order valence-electron chi connectivity index (χ1n) is 8.27. The Bertz CT molecular complexity index is 1040. The van der Waals surface area contributed by atoms with Crippen LogP contribution in [0.4, 0.5) is 18.9 Å². The zero-order chi connectivity index (χ0) is 21.2. The third kappa shape index (κ3) is 4.91. The second-order valence-corrected chi connectivity index (χ2v) is 8.15. The van der Waals surface area contributed by atoms with Crippen molar-refractivity contribution < 1.29 is 18.0 Å². The van der Waals surface area contributed by atoms with E-state index in [-0.39, 0.29) is 5.69 Å². The topological polar surface area (TPSA) is 85.8 Å². The number of anilines is 1. The summed E-state index contributed by atoms with van der Waals surface area (Å²) >= 11 is 4.46. The number of carbonyl (C=O) groups is 1. The lowest BCUT2D eigenvalue weighted by atomic mass is 10.2. The maximum absolute atomic E-state index is 12.8. The SMILES string of the molecule is CC(Sc1nnc(-c2ccccc2Br)n1N)C(=O)Nc1cccc(C(F)(F)F)c1. The van der Waals surface area contributed by atoms with E-state index in [1.807, 2.05) is 24.3 Å². The van der Waals surface area contributed by atoms with Crippen LogP contribution in [0.25, 0.3) is 11.4 Å². The largest absolute Gasteiger partial charge is 0.416 e. The summed E-state index contributed by atoms with van der Waals surface area (Å²) in [5, 5.41) is 10.2. The number of carbonyl (C=O) groups excluding carboxylic acids is 1. The molecule has 3 N–H and O–H groups in total. The van der Waals surface area contributed by atoms with E-state index in [9.17, 15) is 18.0 Å². The van der Waals surface area contributed by atoms with Gasteiger partial charge in [0.05, 0.1) is 10.8 Å². The van der Waals surface area contributed by atoms with E-state index in [0.717, 1.165) is 33.9 Å². The Kier molecular flexibility index (Phi) is 6.18. The van der Waals surface area contributed by atoms with Gasteiger partial charge in [0.2, 0.25) is 11.1 Å². The van der Waals surface area contributed by atoms with Gasteiger partial charge in [-0.2, -0.15) is 13.2 Å². The fraction of sp³-hybridized carbons (Fsp3) is 0.167. The fourth-order valence-corrected chi connectivity index (χ4v) is 3.64. The number of amides is 1. The number of nitrogens with zero attached hydrogens (tertiary/aromatic N) is 3. The highest BCUT2D eigenvalue weighted by Gasteiger charge is 2.30. The van der Waals surface area contributed by atoms with Gasteiger partial charge >= 0.3 is 6.18 Å². The van der Waals surface area contributed by atoms with Crippen LogP contribution >= 0.6 is 27.7 Å². The molecular weight excluding hydrogens is 471 g/mol. The first-order valence-corrected chi connectivity index (χ1v) is 9.94. The third-order valence-electron chi connectivity index (χ3n) is 3.89. The molecule has 0 saturated heterocycles. The molecule has 1 unspecified atom stereocenters. The lowest BCUT2D eigenvalue weighted by Gasteiger charge is -2.13. The summed E-state index contributed by atoms with van der Waals surface area (Å²) in [5.41, 5.74) is -0.0498. The van der Waals surface area contributed by atoms with E-state index in [1.54, 1.807) is 6.92 Å². The van der Waals surface area contributed by atoms with Crippen molar-refractivity contribution in [1.82, 2.24) is 14.9 Å². The number of hydrogen-bond donors (Lipinski definition) is 2. The predicted octanol–water partition coefficient (Wildman–Crippen LogP) is 4.56. The van der Waals surface area contributed by atoms with Crippen molar-refractivity contribution in [3.63, 3.8) is 0 Å². The Morgan fingerprint density at radius 2 is 1.93 bits per heavy atom. The van der Waals surface area contributed by atoms with E-state index in [2.05, 4.69) is 31.4 Å². The minimum absolute atomic E-state index is 0.0559. The maximum atomic E-state index is 12.8. The summed E-state index contributed by atoms with van der Waals surface area (Å²) in [6, 6.07) is 11.8. The van der Waals surface area contributed by atoms with Gasteiger partial charge in [-0.25, -0.2) is 4.68 Å². The summed E-state index contributed by atoms with van der Waals surface area (Å²) in [4.78, 5) is 12.4. The zero-order valence-corrected chi connectivity index (χ0v) is 17.3. The Morgan fingerprint density at radius 3 is 2.62 bits per heavy atom. The first kappa shape index (κ1) is 21.2. The second-order valence-electron chi connectivity index (χ2n) is 5.98. The summed E-state index contributed by atoms with van der Waals surface area (Å²) in [5.74, 6) is 5.99. The molecule has 11 heteroatoms. The van der Waals surface area contributed by atoms with Crippen molar-refractivity contribution in [3.05, 3.63) is 58.6 Å². The quantitative estimate of drug-likeness (QED) is 0.408. The molecule has 0 bridgehead atoms. The molecule has 3 aromatic rings. The summed E-state index contributed by atoms with van der Waals surface area (Å²) in [6.07, 6.45) is -4.49. The monoisotopic (exact) mass is 485 g/mol. The Morgan fingerprint density at radius 1 is 1.21 bits per heavy atom. The number of nitrogens with one attached hydrogen (secondary N) is 1. The Labute approximate surface area is 176 Å². The van der Waals surface area contributed by atoms with Crippen molar-refractivity contribution in [2.45, 2.75) is 23.5 Å². The zero-order valence-electron chi connectivity index (χ0n) is 14.9. The van der Waals surface area contributed by atoms with Crippen LogP contribution in [-0.2, 0) is 11.0 Å². The predicted molar refractivity (Wildman–Crippen MR) is 109 cm³/mol. The normalized spacial score (nSPS) is 12.6. The van der Waals surface area contributed by atoms with E-state index in [4.69, 9.17) is 5.84 Å². The number of alkyl halides is 3. The lowest BCUT2D eigenvalue weighted by molar-refractivity contribution is -0.137. The third-order valence-corrected chi connectivity index (χ3v) is 5.64. The minimum atomic E-state index is -4.49. The van der Waals surface area contributed by atoms with Crippen LogP contribution in [0.1, 0.15) is 12.5 Å². The van der Waals surface area contributed by atoms with Crippen LogP contribution in [0.15, 0.2) is 58.2 Å². The van der Waals surface area contributed by atoms with Gasteiger partial charge < -0.3 is 11.2 Å². The molecule has 0 spiro atoms. The Hall–Kier alpha value is -2.53. The molecule has 1 heterocycles. The van der Waals surface area contributed by atoms with Crippen molar-refractivity contribution in [2.75, 3.05) is 11.2 Å². The molecule has 0 aliphatic carbocycles. The van der Waals surface area contributed by atoms with Gasteiger partial charge in [-0.3, -0.25) is 4.79 Å². The summed E-state index contributed by atoms with van der Waals surface area (Å²) < 4.78 is 40.5. The van der Waals surface area contributed by atoms with Crippen molar-refractivity contribution in [3.8, 4) is 11.4 Å². The van der Waals surface area contributed by atoms with Crippen LogP contribution in [-0.4, -0.2) is 26.0 Å². The van der Waals surface area contributed by atoms with Gasteiger partial charge in [-0.05, 0) is 37.3 Å². The molecule has 6 nitrogen and oxygen atoms in total. The smallest absolute Gasteiger partial charge is 0.335 e. The van der Waals surface area contributed by atoms with Crippen molar-refractivity contribution >= 4 is 39.3 Å². The molecule has 1 amide bonds. The molecule has 0 radical (unpaired) electrons. The highest BCUT2D eigenvalue weighted by Crippen LogP contribution is 2.32. The second kappa shape index (κ2) is 8.46. The van der Waals surface area contributed by atoms with Gasteiger partial charge in [0.25, 0.3) is 0 Å². The number of nitrogen functional groups attached to an aromatic ring is 1. The summed E-state index contributed by atoms with van der Waals surface area (Å²) in [7, 11) is 0. The molecule has 1 aromatic heterocycles. The molecule has 1 atom stereocenters. The number of thioether (sulfide) groups is 1. The molecule has 0 fully saturated rings. The molecule has 2 aromatic carbocycles. The van der Waals surface area contributed by atoms with Crippen LogP contribution in [0, 0.1) is 0 Å². The van der Waals surface area contributed by atoms with Crippen LogP contribution in [0.2, 0.25) is 0 Å². The summed E-state index contributed by atoms with van der Waals surface area (Å²) in [6.45, 7) is 1.60. The number of rotatable bonds is 5. The number of hydrogen-bond acceptors (Lipinski definition) is 5. The van der Waals surface area contributed by atoms with Gasteiger partial charge in [0.15, 0.2) is 5.82 Å². The number of aromatic nitrogens is 3. The van der Waals surface area contributed by atoms with Gasteiger partial charge in [0.1, 0.15) is 0 Å². The molecule has 3 rings (SSSR count). The van der Waals surface area contributed by atoms with E-state index in [0.29, 0.717) is 11.0 Å². The number of benzene rings is 2. The molecule has 0 aliphatic heterocycles. The van der Waals surface area contributed by atoms with Gasteiger partial charge in [0, 0.05) is 15.7 Å². The molecular formula is C18H15BrF3N5OS. The van der Waals surface area contributed by atoms with Gasteiger partial charge in [-0.15, -0.1) is 10.2 Å². The average Bonchev–Trinajstić information content (AvgIpc) is 3.02. The van der Waals surface area contributed by atoms with E-state index >= 15 is 0 Å². The number of halogens is 4. The highest BCUT2D eigenvalue weighted by atomic mass is 79.9. The first-order chi connectivity index (χ1) is 13.7. The standard InChI is InChI=1S/C18H15BrF3N5OS/c1-10(16(28)24-12-6-4-5-11(9-12)18(20,21)22)29-17-26-25-15(27(17)23)13-7-2-3-8-14(13)19/h2-10H,23H2,1H3,(H,24,28). The lowest BCUT2D eigenvalue weighted by Crippen LogP contribution is -2.24. The fourth-order valence-electron chi connectivity index (χ4n) is 2.41. The molecule has 0 aliphatic rings. The maximum Gasteiger partial charge on any atom is 0.416 e. The van der Waals surface area contributed by atoms with Crippen molar-refractivity contribution in [1.29, 1.82) is 0 Å². The Balaban J connectivity index is 1.72. The van der Waals surface area contributed by atoms with E-state index < -0.39 is 22.9 Å².